The van der Waals surface area contributed by atoms with E-state index >= 15 is 0 Å². The van der Waals surface area contributed by atoms with Gasteiger partial charge in [-0.2, -0.15) is 5.26 Å². The van der Waals surface area contributed by atoms with Gasteiger partial charge in [-0.25, -0.2) is 9.79 Å². The quantitative estimate of drug-likeness (QED) is 0.304. The zero-order valence-corrected chi connectivity index (χ0v) is 10.1. The minimum atomic E-state index is 0.637. The Morgan fingerprint density at radius 2 is 1.31 bits per heavy atom. The average Bonchev–Trinajstić information content (AvgIpc) is 2.31. The van der Waals surface area contributed by atoms with Crippen molar-refractivity contribution in [3.8, 4) is 6.07 Å². The van der Waals surface area contributed by atoms with E-state index in [0.717, 1.165) is 12.8 Å². The van der Waals surface area contributed by atoms with Gasteiger partial charge in [0.1, 0.15) is 0 Å². The van der Waals surface area contributed by atoms with Gasteiger partial charge in [-0.15, -0.1) is 0 Å². The van der Waals surface area contributed by atoms with Crippen LogP contribution < -0.4 is 0 Å². The summed E-state index contributed by atoms with van der Waals surface area (Å²) in [5, 5.41) is 8.35. The molecule has 0 aliphatic heterocycles. The average molecular weight is 222 g/mol. The highest BCUT2D eigenvalue weighted by Gasteiger charge is 1.92. The van der Waals surface area contributed by atoms with Gasteiger partial charge in [0.25, 0.3) is 0 Å². The Hall–Kier alpha value is -1.13. The number of unbranched alkanes of at least 4 members (excludes halogenated alkanes) is 9. The van der Waals surface area contributed by atoms with Gasteiger partial charge < -0.3 is 0 Å². The summed E-state index contributed by atoms with van der Waals surface area (Å²) < 4.78 is 0. The predicted octanol–water partition coefficient (Wildman–Crippen LogP) is 3.75. The molecule has 0 bridgehead atoms. The van der Waals surface area contributed by atoms with Crippen molar-refractivity contribution in [2.24, 2.45) is 4.99 Å². The zero-order chi connectivity index (χ0) is 11.9. The van der Waals surface area contributed by atoms with Crippen molar-refractivity contribution < 1.29 is 4.79 Å². The summed E-state index contributed by atoms with van der Waals surface area (Å²) in [5.74, 6) is 0. The van der Waals surface area contributed by atoms with Crippen molar-refractivity contribution >= 4 is 6.08 Å². The molecule has 0 aromatic carbocycles. The molecule has 0 N–H and O–H groups in total. The van der Waals surface area contributed by atoms with Crippen LogP contribution in [0.2, 0.25) is 0 Å². The number of hydrogen-bond donors (Lipinski definition) is 0. The summed E-state index contributed by atoms with van der Waals surface area (Å²) in [4.78, 5) is 13.3. The minimum absolute atomic E-state index is 0.637. The summed E-state index contributed by atoms with van der Waals surface area (Å²) in [7, 11) is 0. The van der Waals surface area contributed by atoms with E-state index in [1.54, 1.807) is 6.08 Å². The molecule has 0 aromatic rings. The van der Waals surface area contributed by atoms with Crippen molar-refractivity contribution in [2.75, 3.05) is 6.54 Å². The Balaban J connectivity index is 2.93. The molecule has 16 heavy (non-hydrogen) atoms. The number of aliphatic imine (C=N–C) groups is 1. The van der Waals surface area contributed by atoms with Gasteiger partial charge in [-0.1, -0.05) is 44.9 Å². The molecule has 0 atom stereocenters. The molecule has 0 aromatic heterocycles. The van der Waals surface area contributed by atoms with Gasteiger partial charge >= 0.3 is 0 Å². The second-order valence-corrected chi connectivity index (χ2v) is 4.06. The van der Waals surface area contributed by atoms with E-state index in [2.05, 4.69) is 11.1 Å². The number of hydrogen-bond acceptors (Lipinski definition) is 3. The third kappa shape index (κ3) is 12.9. The molecule has 0 saturated heterocycles. The molecular weight excluding hydrogens is 200 g/mol. The molecule has 0 spiro atoms. The second-order valence-electron chi connectivity index (χ2n) is 4.06. The minimum Gasteiger partial charge on any atom is -0.211 e. The largest absolute Gasteiger partial charge is 0.234 e. The lowest BCUT2D eigenvalue weighted by Gasteiger charge is -2.00. The number of carbonyl (C=O) groups excluding carboxylic acids is 1. The maximum absolute atomic E-state index is 9.78. The third-order valence-corrected chi connectivity index (χ3v) is 2.62. The molecule has 90 valence electrons. The van der Waals surface area contributed by atoms with Crippen molar-refractivity contribution in [1.82, 2.24) is 0 Å². The molecule has 0 radical (unpaired) electrons. The van der Waals surface area contributed by atoms with Crippen LogP contribution in [0.1, 0.15) is 64.2 Å². The fourth-order valence-corrected chi connectivity index (χ4v) is 1.68. The van der Waals surface area contributed by atoms with E-state index in [9.17, 15) is 4.79 Å². The van der Waals surface area contributed by atoms with Gasteiger partial charge in [0, 0.05) is 6.42 Å². The highest BCUT2D eigenvalue weighted by atomic mass is 16.1. The molecule has 0 amide bonds. The summed E-state index contributed by atoms with van der Waals surface area (Å²) in [6.45, 7) is 0.637. The molecule has 0 aliphatic rings. The first kappa shape index (κ1) is 14.9. The van der Waals surface area contributed by atoms with Crippen LogP contribution in [-0.2, 0) is 4.79 Å². The Labute approximate surface area is 98.6 Å². The Morgan fingerprint density at radius 1 is 0.812 bits per heavy atom. The van der Waals surface area contributed by atoms with E-state index < -0.39 is 0 Å². The van der Waals surface area contributed by atoms with E-state index in [0.29, 0.717) is 13.0 Å². The van der Waals surface area contributed by atoms with Crippen molar-refractivity contribution in [3.05, 3.63) is 0 Å². The summed E-state index contributed by atoms with van der Waals surface area (Å²) >= 11 is 0. The highest BCUT2D eigenvalue weighted by Crippen LogP contribution is 2.10. The Morgan fingerprint density at radius 3 is 1.81 bits per heavy atom. The van der Waals surface area contributed by atoms with Crippen molar-refractivity contribution in [2.45, 2.75) is 64.2 Å². The van der Waals surface area contributed by atoms with E-state index in [-0.39, 0.29) is 0 Å². The number of isocyanates is 1. The summed E-state index contributed by atoms with van der Waals surface area (Å²) in [5.41, 5.74) is 0. The molecule has 0 rings (SSSR count). The Kier molecular flexibility index (Phi) is 12.9. The van der Waals surface area contributed by atoms with Gasteiger partial charge in [-0.3, -0.25) is 0 Å². The van der Waals surface area contributed by atoms with Gasteiger partial charge in [0.2, 0.25) is 6.08 Å². The molecule has 0 unspecified atom stereocenters. The van der Waals surface area contributed by atoms with Crippen LogP contribution >= 0.6 is 0 Å². The summed E-state index contributed by atoms with van der Waals surface area (Å²) in [6.07, 6.45) is 13.1. The van der Waals surface area contributed by atoms with E-state index in [1.807, 2.05) is 0 Å². The topological polar surface area (TPSA) is 53.2 Å². The van der Waals surface area contributed by atoms with Gasteiger partial charge in [-0.05, 0) is 12.8 Å². The SMILES string of the molecule is N#CCCCCCCCCCCCN=C=O. The van der Waals surface area contributed by atoms with Crippen molar-refractivity contribution in [1.29, 1.82) is 5.26 Å². The molecule has 0 saturated carbocycles. The normalized spacial score (nSPS) is 9.44. The zero-order valence-electron chi connectivity index (χ0n) is 10.1. The van der Waals surface area contributed by atoms with Crippen LogP contribution in [0, 0.1) is 11.3 Å². The van der Waals surface area contributed by atoms with Crippen LogP contribution in [-0.4, -0.2) is 12.6 Å². The molecule has 0 aliphatic carbocycles. The molecule has 0 heterocycles. The Bertz CT molecular complexity index is 227. The lowest BCUT2D eigenvalue weighted by molar-refractivity contribution is 0.554. The predicted molar refractivity (Wildman–Crippen MR) is 64.8 cm³/mol. The smallest absolute Gasteiger partial charge is 0.211 e. The molecular formula is C13H22N2O. The standard InChI is InChI=1S/C13H22N2O/c14-11-9-7-5-3-1-2-4-6-8-10-12-15-13-16/h1-10,12H2. The van der Waals surface area contributed by atoms with Crippen LogP contribution in [0.4, 0.5) is 0 Å². The van der Waals surface area contributed by atoms with Gasteiger partial charge in [0.05, 0.1) is 12.6 Å². The first-order valence-electron chi connectivity index (χ1n) is 6.32. The van der Waals surface area contributed by atoms with Crippen LogP contribution in [0.5, 0.6) is 0 Å². The van der Waals surface area contributed by atoms with E-state index in [1.165, 1.54) is 44.9 Å². The number of rotatable bonds is 11. The monoisotopic (exact) mass is 222 g/mol. The molecule has 0 fully saturated rings. The first-order valence-corrected chi connectivity index (χ1v) is 6.32. The highest BCUT2D eigenvalue weighted by molar-refractivity contribution is 5.32. The molecule has 3 heteroatoms. The van der Waals surface area contributed by atoms with Crippen LogP contribution in [0.15, 0.2) is 4.99 Å². The van der Waals surface area contributed by atoms with Crippen molar-refractivity contribution in [3.63, 3.8) is 0 Å². The van der Waals surface area contributed by atoms with Gasteiger partial charge in [0.15, 0.2) is 0 Å². The van der Waals surface area contributed by atoms with Crippen LogP contribution in [0.25, 0.3) is 0 Å². The number of nitriles is 1. The lowest BCUT2D eigenvalue weighted by Crippen LogP contribution is -1.84. The maximum atomic E-state index is 9.78. The fraction of sp³-hybridized carbons (Fsp3) is 0.846. The first-order chi connectivity index (χ1) is 7.91. The lowest BCUT2D eigenvalue weighted by atomic mass is 10.1. The fourth-order valence-electron chi connectivity index (χ4n) is 1.68. The van der Waals surface area contributed by atoms with E-state index in [4.69, 9.17) is 5.26 Å². The molecule has 3 nitrogen and oxygen atoms in total. The second kappa shape index (κ2) is 13.9. The van der Waals surface area contributed by atoms with Crippen LogP contribution in [0.3, 0.4) is 0 Å². The number of nitrogens with zero attached hydrogens (tertiary/aromatic N) is 2. The third-order valence-electron chi connectivity index (χ3n) is 2.62. The summed E-state index contributed by atoms with van der Waals surface area (Å²) in [6, 6.07) is 2.17. The maximum Gasteiger partial charge on any atom is 0.234 e.